The number of hydrogen-bond donors (Lipinski definition) is 0. The molecule has 1 unspecified atom stereocenters. The number of methoxy groups -OCH3 is 1. The van der Waals surface area contributed by atoms with E-state index in [2.05, 4.69) is 6.92 Å². The van der Waals surface area contributed by atoms with Crippen molar-refractivity contribution in [1.29, 1.82) is 0 Å². The van der Waals surface area contributed by atoms with Gasteiger partial charge in [-0.2, -0.15) is 0 Å². The predicted molar refractivity (Wildman–Crippen MR) is 56.8 cm³/mol. The number of rotatable bonds is 4. The van der Waals surface area contributed by atoms with Crippen molar-refractivity contribution in [1.82, 2.24) is 0 Å². The van der Waals surface area contributed by atoms with Crippen molar-refractivity contribution in [3.63, 3.8) is 0 Å². The van der Waals surface area contributed by atoms with Gasteiger partial charge in [-0.1, -0.05) is 26.0 Å². The van der Waals surface area contributed by atoms with E-state index in [1.807, 2.05) is 25.1 Å². The van der Waals surface area contributed by atoms with Crippen LogP contribution >= 0.6 is 0 Å². The Hall–Kier alpha value is -1.05. The monoisotopic (exact) mass is 196 g/mol. The zero-order valence-electron chi connectivity index (χ0n) is 9.01. The molecule has 0 aromatic heterocycles. The quantitative estimate of drug-likeness (QED) is 0.717. The van der Waals surface area contributed by atoms with Crippen molar-refractivity contribution in [2.45, 2.75) is 26.2 Å². The molecule has 0 heterocycles. The smallest absolute Gasteiger partial charge is 0.122 e. The highest BCUT2D eigenvalue weighted by atomic mass is 19.1. The Morgan fingerprint density at radius 3 is 2.64 bits per heavy atom. The Bertz CT molecular complexity index is 296. The van der Waals surface area contributed by atoms with Crippen LogP contribution in [0.15, 0.2) is 18.2 Å². The minimum absolute atomic E-state index is 0.0416. The summed E-state index contributed by atoms with van der Waals surface area (Å²) < 4.78 is 17.8. The fourth-order valence-corrected chi connectivity index (χ4v) is 1.70. The van der Waals surface area contributed by atoms with Gasteiger partial charge in [0.1, 0.15) is 5.75 Å². The number of benzene rings is 1. The zero-order chi connectivity index (χ0) is 10.6. The minimum atomic E-state index is -0.319. The first-order valence-corrected chi connectivity index (χ1v) is 4.96. The molecular weight excluding hydrogens is 179 g/mol. The van der Waals surface area contributed by atoms with E-state index in [1.165, 1.54) is 0 Å². The highest BCUT2D eigenvalue weighted by Gasteiger charge is 2.12. The Morgan fingerprint density at radius 1 is 1.43 bits per heavy atom. The van der Waals surface area contributed by atoms with Gasteiger partial charge < -0.3 is 4.74 Å². The van der Waals surface area contributed by atoms with Crippen LogP contribution in [0.5, 0.6) is 5.75 Å². The van der Waals surface area contributed by atoms with Crippen LogP contribution in [-0.2, 0) is 6.42 Å². The van der Waals surface area contributed by atoms with Gasteiger partial charge in [-0.15, -0.1) is 0 Å². The third-order valence-electron chi connectivity index (χ3n) is 2.51. The number of hydrogen-bond acceptors (Lipinski definition) is 1. The SMILES string of the molecule is CCc1c(OC)cccc1C(C)CF. The highest BCUT2D eigenvalue weighted by Crippen LogP contribution is 2.28. The maximum atomic E-state index is 12.6. The molecule has 0 radical (unpaired) electrons. The molecule has 2 heteroatoms. The van der Waals surface area contributed by atoms with Crippen LogP contribution in [0.3, 0.4) is 0 Å². The first-order valence-electron chi connectivity index (χ1n) is 4.96. The van der Waals surface area contributed by atoms with E-state index in [9.17, 15) is 4.39 Å². The maximum absolute atomic E-state index is 12.6. The van der Waals surface area contributed by atoms with Crippen LogP contribution in [0, 0.1) is 0 Å². The van der Waals surface area contributed by atoms with Gasteiger partial charge in [0.2, 0.25) is 0 Å². The summed E-state index contributed by atoms with van der Waals surface area (Å²) in [6, 6.07) is 5.82. The summed E-state index contributed by atoms with van der Waals surface area (Å²) in [6.45, 7) is 3.64. The predicted octanol–water partition coefficient (Wildman–Crippen LogP) is 3.33. The first-order chi connectivity index (χ1) is 6.74. The summed E-state index contributed by atoms with van der Waals surface area (Å²) in [7, 11) is 1.65. The normalized spacial score (nSPS) is 12.6. The molecule has 0 fully saturated rings. The highest BCUT2D eigenvalue weighted by molar-refractivity contribution is 5.42. The lowest BCUT2D eigenvalue weighted by Crippen LogP contribution is -2.02. The average molecular weight is 196 g/mol. The topological polar surface area (TPSA) is 9.23 Å². The number of alkyl halides is 1. The second kappa shape index (κ2) is 4.99. The number of halogens is 1. The van der Waals surface area contributed by atoms with Crippen LogP contribution in [0.1, 0.15) is 30.9 Å². The largest absolute Gasteiger partial charge is 0.496 e. The van der Waals surface area contributed by atoms with E-state index in [-0.39, 0.29) is 12.6 Å². The zero-order valence-corrected chi connectivity index (χ0v) is 9.01. The van der Waals surface area contributed by atoms with Gasteiger partial charge in [0.25, 0.3) is 0 Å². The second-order valence-electron chi connectivity index (χ2n) is 3.44. The molecule has 0 aliphatic heterocycles. The standard InChI is InChI=1S/C12H17FO/c1-4-10-11(9(2)8-13)6-5-7-12(10)14-3/h5-7,9H,4,8H2,1-3H3. The summed E-state index contributed by atoms with van der Waals surface area (Å²) >= 11 is 0. The van der Waals surface area contributed by atoms with Crippen LogP contribution in [0.4, 0.5) is 4.39 Å². The molecule has 1 aromatic rings. The van der Waals surface area contributed by atoms with Crippen LogP contribution in [-0.4, -0.2) is 13.8 Å². The second-order valence-corrected chi connectivity index (χ2v) is 3.44. The first kappa shape index (κ1) is 11.0. The molecule has 0 spiro atoms. The Labute approximate surface area is 84.9 Å². The van der Waals surface area contributed by atoms with Gasteiger partial charge in [-0.05, 0) is 23.6 Å². The lowest BCUT2D eigenvalue weighted by atomic mass is 9.94. The van der Waals surface area contributed by atoms with Gasteiger partial charge in [-0.3, -0.25) is 4.39 Å². The summed E-state index contributed by atoms with van der Waals surface area (Å²) in [5.74, 6) is 0.824. The Kier molecular flexibility index (Phi) is 3.93. The Morgan fingerprint density at radius 2 is 2.14 bits per heavy atom. The fourth-order valence-electron chi connectivity index (χ4n) is 1.70. The van der Waals surface area contributed by atoms with E-state index in [1.54, 1.807) is 7.11 Å². The number of ether oxygens (including phenoxy) is 1. The van der Waals surface area contributed by atoms with E-state index < -0.39 is 0 Å². The molecular formula is C12H17FO. The summed E-state index contributed by atoms with van der Waals surface area (Å²) in [5.41, 5.74) is 2.19. The molecule has 0 N–H and O–H groups in total. The van der Waals surface area contributed by atoms with Gasteiger partial charge in [0.05, 0.1) is 13.8 Å². The molecule has 0 aliphatic rings. The molecule has 0 saturated carbocycles. The van der Waals surface area contributed by atoms with Gasteiger partial charge >= 0.3 is 0 Å². The summed E-state index contributed by atoms with van der Waals surface area (Å²) in [6.07, 6.45) is 0.879. The molecule has 14 heavy (non-hydrogen) atoms. The van der Waals surface area contributed by atoms with Crippen molar-refractivity contribution in [3.8, 4) is 5.75 Å². The summed E-state index contributed by atoms with van der Waals surface area (Å²) in [5, 5.41) is 0. The van der Waals surface area contributed by atoms with Crippen molar-refractivity contribution in [2.24, 2.45) is 0 Å². The Balaban J connectivity index is 3.14. The molecule has 78 valence electrons. The van der Waals surface area contributed by atoms with Crippen molar-refractivity contribution in [3.05, 3.63) is 29.3 Å². The van der Waals surface area contributed by atoms with Crippen molar-refractivity contribution < 1.29 is 9.13 Å². The van der Waals surface area contributed by atoms with Crippen LogP contribution < -0.4 is 4.74 Å². The summed E-state index contributed by atoms with van der Waals surface area (Å²) in [4.78, 5) is 0. The fraction of sp³-hybridized carbons (Fsp3) is 0.500. The van der Waals surface area contributed by atoms with E-state index in [0.29, 0.717) is 0 Å². The maximum Gasteiger partial charge on any atom is 0.122 e. The van der Waals surface area contributed by atoms with Crippen molar-refractivity contribution in [2.75, 3.05) is 13.8 Å². The molecule has 1 atom stereocenters. The molecule has 1 rings (SSSR count). The van der Waals surface area contributed by atoms with E-state index in [0.717, 1.165) is 23.3 Å². The van der Waals surface area contributed by atoms with Gasteiger partial charge in [-0.25, -0.2) is 0 Å². The van der Waals surface area contributed by atoms with Crippen LogP contribution in [0.25, 0.3) is 0 Å². The van der Waals surface area contributed by atoms with Crippen LogP contribution in [0.2, 0.25) is 0 Å². The molecule has 0 saturated heterocycles. The lowest BCUT2D eigenvalue weighted by Gasteiger charge is -2.15. The minimum Gasteiger partial charge on any atom is -0.496 e. The molecule has 0 aliphatic carbocycles. The van der Waals surface area contributed by atoms with Gasteiger partial charge in [0, 0.05) is 5.92 Å². The molecule has 0 amide bonds. The van der Waals surface area contributed by atoms with Crippen molar-refractivity contribution >= 4 is 0 Å². The third kappa shape index (κ3) is 2.06. The van der Waals surface area contributed by atoms with E-state index in [4.69, 9.17) is 4.74 Å². The molecule has 1 aromatic carbocycles. The van der Waals surface area contributed by atoms with E-state index >= 15 is 0 Å². The van der Waals surface area contributed by atoms with Gasteiger partial charge in [0.15, 0.2) is 0 Å². The lowest BCUT2D eigenvalue weighted by molar-refractivity contribution is 0.405. The molecule has 0 bridgehead atoms. The molecule has 1 nitrogen and oxygen atoms in total. The third-order valence-corrected chi connectivity index (χ3v) is 2.51. The average Bonchev–Trinajstić information content (AvgIpc) is 2.26.